The molecular weight excluding hydrogens is 236 g/mol. The minimum absolute atomic E-state index is 0.446. The van der Waals surface area contributed by atoms with E-state index in [1.807, 2.05) is 6.07 Å². The Balaban J connectivity index is 2.69. The van der Waals surface area contributed by atoms with Crippen molar-refractivity contribution in [2.24, 2.45) is 5.73 Å². The van der Waals surface area contributed by atoms with Crippen molar-refractivity contribution in [3.63, 3.8) is 0 Å². The zero-order valence-corrected chi connectivity index (χ0v) is 11.1. The molecule has 0 atom stereocenters. The third-order valence-electron chi connectivity index (χ3n) is 2.90. The van der Waals surface area contributed by atoms with Crippen molar-refractivity contribution in [1.82, 2.24) is 5.32 Å². The summed E-state index contributed by atoms with van der Waals surface area (Å²) in [5.41, 5.74) is 6.62. The van der Waals surface area contributed by atoms with Gasteiger partial charge in [-0.05, 0) is 30.5 Å². The Hall–Kier alpha value is -1.06. The maximum Gasteiger partial charge on any atom is 0.248 e. The molecule has 94 valence electrons. The summed E-state index contributed by atoms with van der Waals surface area (Å²) in [6.07, 6.45) is 2.18. The Morgan fingerprint density at radius 3 is 2.53 bits per heavy atom. The number of nitrogens with two attached hydrogens (primary N) is 1. The van der Waals surface area contributed by atoms with Crippen molar-refractivity contribution >= 4 is 17.5 Å². The van der Waals surface area contributed by atoms with Gasteiger partial charge in [0.15, 0.2) is 0 Å². The van der Waals surface area contributed by atoms with Crippen LogP contribution in [0.3, 0.4) is 0 Å². The lowest BCUT2D eigenvalue weighted by atomic mass is 10.1. The first-order valence-corrected chi connectivity index (χ1v) is 6.27. The van der Waals surface area contributed by atoms with Gasteiger partial charge in [0.25, 0.3) is 0 Å². The Morgan fingerprint density at radius 2 is 2.06 bits per heavy atom. The van der Waals surface area contributed by atoms with Crippen molar-refractivity contribution in [2.75, 3.05) is 0 Å². The van der Waals surface area contributed by atoms with E-state index in [2.05, 4.69) is 19.2 Å². The lowest BCUT2D eigenvalue weighted by Crippen LogP contribution is -2.27. The fourth-order valence-corrected chi connectivity index (χ4v) is 1.92. The number of nitrogens with one attached hydrogen (secondary N) is 1. The Kier molecular flexibility index (Phi) is 5.45. The SMILES string of the molecule is CCC(CC)NCc1ccc(C(N)=O)cc1Cl. The van der Waals surface area contributed by atoms with Crippen LogP contribution in [0, 0.1) is 0 Å². The number of carbonyl (C=O) groups excluding carboxylic acids is 1. The van der Waals surface area contributed by atoms with Crippen LogP contribution in [0.5, 0.6) is 0 Å². The number of hydrogen-bond donors (Lipinski definition) is 2. The summed E-state index contributed by atoms with van der Waals surface area (Å²) in [5, 5.41) is 4.01. The number of rotatable bonds is 6. The van der Waals surface area contributed by atoms with Gasteiger partial charge < -0.3 is 11.1 Å². The molecular formula is C13H19ClN2O. The third-order valence-corrected chi connectivity index (χ3v) is 3.26. The van der Waals surface area contributed by atoms with Gasteiger partial charge in [-0.25, -0.2) is 0 Å². The van der Waals surface area contributed by atoms with E-state index in [9.17, 15) is 4.79 Å². The van der Waals surface area contributed by atoms with E-state index < -0.39 is 5.91 Å². The molecule has 4 heteroatoms. The van der Waals surface area contributed by atoms with Crippen LogP contribution in [0.15, 0.2) is 18.2 Å². The summed E-state index contributed by atoms with van der Waals surface area (Å²) in [5.74, 6) is -0.452. The van der Waals surface area contributed by atoms with Gasteiger partial charge in [0, 0.05) is 23.2 Å². The first kappa shape index (κ1) is 14.0. The molecule has 0 fully saturated rings. The molecule has 3 N–H and O–H groups in total. The molecule has 0 bridgehead atoms. The molecule has 0 aliphatic heterocycles. The van der Waals surface area contributed by atoms with Crippen molar-refractivity contribution in [1.29, 1.82) is 0 Å². The van der Waals surface area contributed by atoms with E-state index in [-0.39, 0.29) is 0 Å². The molecule has 0 aromatic heterocycles. The smallest absolute Gasteiger partial charge is 0.248 e. The number of benzene rings is 1. The summed E-state index contributed by atoms with van der Waals surface area (Å²) >= 11 is 6.10. The van der Waals surface area contributed by atoms with E-state index >= 15 is 0 Å². The standard InChI is InChI=1S/C13H19ClN2O/c1-3-11(4-2)16-8-10-6-5-9(13(15)17)7-12(10)14/h5-7,11,16H,3-4,8H2,1-2H3,(H2,15,17). The number of hydrogen-bond acceptors (Lipinski definition) is 2. The average molecular weight is 255 g/mol. The number of halogens is 1. The first-order valence-electron chi connectivity index (χ1n) is 5.90. The first-order chi connectivity index (χ1) is 8.08. The largest absolute Gasteiger partial charge is 0.366 e. The van der Waals surface area contributed by atoms with E-state index in [0.29, 0.717) is 23.2 Å². The van der Waals surface area contributed by atoms with Crippen molar-refractivity contribution in [3.05, 3.63) is 34.3 Å². The molecule has 1 rings (SSSR count). The maximum absolute atomic E-state index is 11.0. The van der Waals surface area contributed by atoms with Crippen LogP contribution in [-0.2, 0) is 6.54 Å². The molecule has 0 heterocycles. The lowest BCUT2D eigenvalue weighted by molar-refractivity contribution is 0.100. The van der Waals surface area contributed by atoms with Crippen molar-refractivity contribution < 1.29 is 4.79 Å². The van der Waals surface area contributed by atoms with E-state index in [4.69, 9.17) is 17.3 Å². The number of carbonyl (C=O) groups is 1. The molecule has 3 nitrogen and oxygen atoms in total. The van der Waals surface area contributed by atoms with Gasteiger partial charge in [0.2, 0.25) is 5.91 Å². The van der Waals surface area contributed by atoms with Crippen LogP contribution >= 0.6 is 11.6 Å². The zero-order chi connectivity index (χ0) is 12.8. The maximum atomic E-state index is 11.0. The highest BCUT2D eigenvalue weighted by Crippen LogP contribution is 2.18. The average Bonchev–Trinajstić information content (AvgIpc) is 2.31. The second-order valence-corrected chi connectivity index (χ2v) is 4.47. The molecule has 0 saturated heterocycles. The fraction of sp³-hybridized carbons (Fsp3) is 0.462. The molecule has 0 aliphatic rings. The summed E-state index contributed by atoms with van der Waals surface area (Å²) in [6.45, 7) is 5.02. The zero-order valence-electron chi connectivity index (χ0n) is 10.3. The molecule has 0 aliphatic carbocycles. The Labute approximate surface area is 107 Å². The highest BCUT2D eigenvalue weighted by atomic mass is 35.5. The molecule has 1 amide bonds. The van der Waals surface area contributed by atoms with Gasteiger partial charge in [-0.3, -0.25) is 4.79 Å². The van der Waals surface area contributed by atoms with Crippen LogP contribution in [0.2, 0.25) is 5.02 Å². The van der Waals surface area contributed by atoms with Crippen LogP contribution in [0.25, 0.3) is 0 Å². The van der Waals surface area contributed by atoms with Crippen molar-refractivity contribution in [2.45, 2.75) is 39.3 Å². The molecule has 1 aromatic carbocycles. The lowest BCUT2D eigenvalue weighted by Gasteiger charge is -2.15. The fourth-order valence-electron chi connectivity index (χ4n) is 1.68. The van der Waals surface area contributed by atoms with Crippen LogP contribution < -0.4 is 11.1 Å². The van der Waals surface area contributed by atoms with E-state index in [1.165, 1.54) is 0 Å². The third kappa shape index (κ3) is 4.02. The van der Waals surface area contributed by atoms with E-state index in [1.54, 1.807) is 12.1 Å². The minimum atomic E-state index is -0.452. The van der Waals surface area contributed by atoms with Gasteiger partial charge >= 0.3 is 0 Å². The molecule has 17 heavy (non-hydrogen) atoms. The van der Waals surface area contributed by atoms with Gasteiger partial charge in [0.1, 0.15) is 0 Å². The van der Waals surface area contributed by atoms with E-state index in [0.717, 1.165) is 18.4 Å². The van der Waals surface area contributed by atoms with Crippen molar-refractivity contribution in [3.8, 4) is 0 Å². The number of primary amides is 1. The second-order valence-electron chi connectivity index (χ2n) is 4.06. The topological polar surface area (TPSA) is 55.1 Å². The quantitative estimate of drug-likeness (QED) is 0.820. The van der Waals surface area contributed by atoms with Gasteiger partial charge in [0.05, 0.1) is 0 Å². The number of amides is 1. The molecule has 1 aromatic rings. The normalized spacial score (nSPS) is 10.8. The molecule has 0 spiro atoms. The Morgan fingerprint density at radius 1 is 1.41 bits per heavy atom. The van der Waals surface area contributed by atoms with Crippen LogP contribution in [-0.4, -0.2) is 11.9 Å². The molecule has 0 unspecified atom stereocenters. The van der Waals surface area contributed by atoms with Crippen LogP contribution in [0.4, 0.5) is 0 Å². The highest BCUT2D eigenvalue weighted by Gasteiger charge is 2.07. The van der Waals surface area contributed by atoms with Crippen LogP contribution in [0.1, 0.15) is 42.6 Å². The predicted octanol–water partition coefficient (Wildman–Crippen LogP) is 2.72. The summed E-state index contributed by atoms with van der Waals surface area (Å²) < 4.78 is 0. The van der Waals surface area contributed by atoms with Gasteiger partial charge in [-0.1, -0.05) is 31.5 Å². The minimum Gasteiger partial charge on any atom is -0.366 e. The molecule has 0 radical (unpaired) electrons. The monoisotopic (exact) mass is 254 g/mol. The van der Waals surface area contributed by atoms with Gasteiger partial charge in [-0.2, -0.15) is 0 Å². The second kappa shape index (κ2) is 6.62. The molecule has 0 saturated carbocycles. The summed E-state index contributed by atoms with van der Waals surface area (Å²) in [6, 6.07) is 5.67. The Bertz CT molecular complexity index is 389. The predicted molar refractivity (Wildman–Crippen MR) is 71.2 cm³/mol. The summed E-state index contributed by atoms with van der Waals surface area (Å²) in [4.78, 5) is 11.0. The van der Waals surface area contributed by atoms with Gasteiger partial charge in [-0.15, -0.1) is 0 Å². The highest BCUT2D eigenvalue weighted by molar-refractivity contribution is 6.31. The summed E-state index contributed by atoms with van der Waals surface area (Å²) in [7, 11) is 0.